The van der Waals surface area contributed by atoms with Gasteiger partial charge in [0.2, 0.25) is 5.91 Å². The molecular formula is C22H22FN3OS. The third-order valence-corrected chi connectivity index (χ3v) is 6.00. The molecular weight excluding hydrogens is 373 g/mol. The maximum atomic E-state index is 13.2. The molecule has 1 N–H and O–H groups in total. The van der Waals surface area contributed by atoms with Crippen LogP contribution in [0.2, 0.25) is 0 Å². The number of rotatable bonds is 5. The number of carbonyl (C=O) groups is 1. The quantitative estimate of drug-likeness (QED) is 0.583. The fourth-order valence-corrected chi connectivity index (χ4v) is 4.38. The number of benzene rings is 1. The van der Waals surface area contributed by atoms with Crippen molar-refractivity contribution < 1.29 is 9.18 Å². The summed E-state index contributed by atoms with van der Waals surface area (Å²) in [5.74, 6) is 0.648. The van der Waals surface area contributed by atoms with Crippen LogP contribution in [0.1, 0.15) is 38.5 Å². The first-order chi connectivity index (χ1) is 13.7. The van der Waals surface area contributed by atoms with Crippen LogP contribution in [0, 0.1) is 11.7 Å². The fourth-order valence-electron chi connectivity index (χ4n) is 3.66. The maximum Gasteiger partial charge on any atom is 0.225 e. The summed E-state index contributed by atoms with van der Waals surface area (Å²) in [6, 6.07) is 10.1. The third-order valence-electron chi connectivity index (χ3n) is 5.12. The summed E-state index contributed by atoms with van der Waals surface area (Å²) in [4.78, 5) is 22.7. The number of thiophene rings is 1. The average molecular weight is 396 g/mol. The Morgan fingerprint density at radius 3 is 2.64 bits per heavy atom. The van der Waals surface area contributed by atoms with Gasteiger partial charge in [0.15, 0.2) is 5.82 Å². The molecule has 0 spiro atoms. The minimum absolute atomic E-state index is 0.00598. The Kier molecular flexibility index (Phi) is 5.76. The number of halogens is 1. The largest absolute Gasteiger partial charge is 0.309 e. The number of hydrogen-bond donors (Lipinski definition) is 1. The number of amides is 1. The second-order valence-electron chi connectivity index (χ2n) is 7.19. The SMILES string of the molecule is O=C(CC1CCCCC1)Nc1ncc(-c2ccc(F)cc2)nc1-c1cccs1. The van der Waals surface area contributed by atoms with E-state index < -0.39 is 0 Å². The van der Waals surface area contributed by atoms with Gasteiger partial charge in [0, 0.05) is 12.0 Å². The molecule has 6 heteroatoms. The highest BCUT2D eigenvalue weighted by atomic mass is 32.1. The van der Waals surface area contributed by atoms with Gasteiger partial charge in [-0.3, -0.25) is 4.79 Å². The molecule has 0 radical (unpaired) electrons. The van der Waals surface area contributed by atoms with Crippen molar-refractivity contribution in [3.05, 3.63) is 53.8 Å². The van der Waals surface area contributed by atoms with E-state index in [2.05, 4.69) is 10.3 Å². The van der Waals surface area contributed by atoms with Gasteiger partial charge in [-0.15, -0.1) is 11.3 Å². The van der Waals surface area contributed by atoms with E-state index >= 15 is 0 Å². The minimum atomic E-state index is -0.290. The van der Waals surface area contributed by atoms with Crippen molar-refractivity contribution in [1.29, 1.82) is 0 Å². The molecule has 0 atom stereocenters. The summed E-state index contributed by atoms with van der Waals surface area (Å²) in [5, 5.41) is 4.94. The summed E-state index contributed by atoms with van der Waals surface area (Å²) in [6.45, 7) is 0. The van der Waals surface area contributed by atoms with Crippen molar-refractivity contribution in [2.24, 2.45) is 5.92 Å². The smallest absolute Gasteiger partial charge is 0.225 e. The van der Waals surface area contributed by atoms with Crippen LogP contribution in [0.5, 0.6) is 0 Å². The van der Waals surface area contributed by atoms with Crippen LogP contribution in [0.25, 0.3) is 21.8 Å². The molecule has 28 heavy (non-hydrogen) atoms. The number of carbonyl (C=O) groups excluding carboxylic acids is 1. The van der Waals surface area contributed by atoms with Crippen molar-refractivity contribution in [2.75, 3.05) is 5.32 Å². The second-order valence-corrected chi connectivity index (χ2v) is 8.14. The highest BCUT2D eigenvalue weighted by molar-refractivity contribution is 7.13. The van der Waals surface area contributed by atoms with E-state index in [1.54, 1.807) is 29.7 Å². The van der Waals surface area contributed by atoms with Crippen LogP contribution in [0.3, 0.4) is 0 Å². The van der Waals surface area contributed by atoms with Crippen LogP contribution in [-0.4, -0.2) is 15.9 Å². The second kappa shape index (κ2) is 8.61. The summed E-state index contributed by atoms with van der Waals surface area (Å²) >= 11 is 1.55. The van der Waals surface area contributed by atoms with E-state index in [-0.39, 0.29) is 11.7 Å². The molecule has 144 valence electrons. The Hall–Kier alpha value is -2.60. The molecule has 1 amide bonds. The monoisotopic (exact) mass is 395 g/mol. The van der Waals surface area contributed by atoms with Crippen molar-refractivity contribution in [3.63, 3.8) is 0 Å². The first-order valence-electron chi connectivity index (χ1n) is 9.66. The van der Waals surface area contributed by atoms with Crippen molar-refractivity contribution in [2.45, 2.75) is 38.5 Å². The van der Waals surface area contributed by atoms with Crippen LogP contribution in [0.15, 0.2) is 48.0 Å². The normalized spacial score (nSPS) is 14.8. The lowest BCUT2D eigenvalue weighted by Crippen LogP contribution is -2.19. The van der Waals surface area contributed by atoms with Gasteiger partial charge in [-0.2, -0.15) is 0 Å². The zero-order valence-corrected chi connectivity index (χ0v) is 16.3. The zero-order chi connectivity index (χ0) is 19.3. The van der Waals surface area contributed by atoms with Gasteiger partial charge < -0.3 is 5.32 Å². The standard InChI is InChI=1S/C22H22FN3OS/c23-17-10-8-16(9-11-17)18-14-24-22(21(25-18)19-7-4-12-28-19)26-20(27)13-15-5-2-1-3-6-15/h4,7-12,14-15H,1-3,5-6,13H2,(H,24,26,27). The first kappa shape index (κ1) is 18.7. The molecule has 4 nitrogen and oxygen atoms in total. The average Bonchev–Trinajstić information content (AvgIpc) is 3.24. The van der Waals surface area contributed by atoms with E-state index in [0.717, 1.165) is 23.3 Å². The predicted molar refractivity (Wildman–Crippen MR) is 111 cm³/mol. The molecule has 0 unspecified atom stereocenters. The Bertz CT molecular complexity index is 935. The number of nitrogens with one attached hydrogen (secondary N) is 1. The fraction of sp³-hybridized carbons (Fsp3) is 0.318. The molecule has 0 aliphatic heterocycles. The van der Waals surface area contributed by atoms with E-state index in [4.69, 9.17) is 4.98 Å². The molecule has 1 aliphatic rings. The lowest BCUT2D eigenvalue weighted by Gasteiger charge is -2.21. The Balaban J connectivity index is 1.59. The van der Waals surface area contributed by atoms with E-state index in [1.165, 1.54) is 31.4 Å². The highest BCUT2D eigenvalue weighted by Gasteiger charge is 2.19. The van der Waals surface area contributed by atoms with Gasteiger partial charge >= 0.3 is 0 Å². The Labute approximate surface area is 167 Å². The van der Waals surface area contributed by atoms with Gasteiger partial charge in [-0.25, -0.2) is 14.4 Å². The number of aromatic nitrogens is 2. The van der Waals surface area contributed by atoms with Crippen molar-refractivity contribution in [3.8, 4) is 21.8 Å². The molecule has 1 aliphatic carbocycles. The lowest BCUT2D eigenvalue weighted by atomic mass is 9.87. The lowest BCUT2D eigenvalue weighted by molar-refractivity contribution is -0.117. The summed E-state index contributed by atoms with van der Waals surface area (Å²) in [5.41, 5.74) is 2.08. The van der Waals surface area contributed by atoms with Crippen LogP contribution < -0.4 is 5.32 Å². The predicted octanol–water partition coefficient (Wildman–Crippen LogP) is 5.92. The molecule has 0 saturated heterocycles. The van der Waals surface area contributed by atoms with Crippen LogP contribution >= 0.6 is 11.3 Å². The molecule has 4 rings (SSSR count). The van der Waals surface area contributed by atoms with E-state index in [0.29, 0.717) is 29.5 Å². The molecule has 1 fully saturated rings. The third kappa shape index (κ3) is 4.44. The van der Waals surface area contributed by atoms with Gasteiger partial charge in [-0.05, 0) is 54.5 Å². The molecule has 2 aromatic heterocycles. The first-order valence-corrected chi connectivity index (χ1v) is 10.5. The number of nitrogens with zero attached hydrogens (tertiary/aromatic N) is 2. The maximum absolute atomic E-state index is 13.2. The topological polar surface area (TPSA) is 54.9 Å². The van der Waals surface area contributed by atoms with E-state index in [1.807, 2.05) is 17.5 Å². The minimum Gasteiger partial charge on any atom is -0.309 e. The Morgan fingerprint density at radius 1 is 1.14 bits per heavy atom. The van der Waals surface area contributed by atoms with Crippen molar-refractivity contribution in [1.82, 2.24) is 9.97 Å². The highest BCUT2D eigenvalue weighted by Crippen LogP contribution is 2.32. The Morgan fingerprint density at radius 2 is 1.93 bits per heavy atom. The molecule has 1 aromatic carbocycles. The van der Waals surface area contributed by atoms with Gasteiger partial charge in [0.05, 0.1) is 16.8 Å². The number of hydrogen-bond acceptors (Lipinski definition) is 4. The molecule has 0 bridgehead atoms. The molecule has 1 saturated carbocycles. The summed E-state index contributed by atoms with van der Waals surface area (Å²) in [7, 11) is 0. The van der Waals surface area contributed by atoms with Gasteiger partial charge in [-0.1, -0.05) is 25.3 Å². The van der Waals surface area contributed by atoms with Crippen LogP contribution in [-0.2, 0) is 4.79 Å². The van der Waals surface area contributed by atoms with E-state index in [9.17, 15) is 9.18 Å². The van der Waals surface area contributed by atoms with Crippen molar-refractivity contribution >= 4 is 23.1 Å². The zero-order valence-electron chi connectivity index (χ0n) is 15.5. The molecule has 2 heterocycles. The van der Waals surface area contributed by atoms with Crippen LogP contribution in [0.4, 0.5) is 10.2 Å². The summed E-state index contributed by atoms with van der Waals surface area (Å²) in [6.07, 6.45) is 8.11. The molecule has 3 aromatic rings. The number of anilines is 1. The summed E-state index contributed by atoms with van der Waals surface area (Å²) < 4.78 is 13.2. The van der Waals surface area contributed by atoms with Gasteiger partial charge in [0.1, 0.15) is 11.5 Å². The van der Waals surface area contributed by atoms with Gasteiger partial charge in [0.25, 0.3) is 0 Å².